The second-order valence-electron chi connectivity index (χ2n) is 8.45. The van der Waals surface area contributed by atoms with Crippen LogP contribution in [0, 0.1) is 12.8 Å². The van der Waals surface area contributed by atoms with E-state index >= 15 is 0 Å². The van der Waals surface area contributed by atoms with Gasteiger partial charge in [0.15, 0.2) is 5.88 Å². The number of rotatable bonds is 6. The maximum absolute atomic E-state index is 5.69. The third-order valence-corrected chi connectivity index (χ3v) is 6.17. The minimum Gasteiger partial charge on any atom is -0.450 e. The van der Waals surface area contributed by atoms with Crippen LogP contribution in [0.1, 0.15) is 37.4 Å². The predicted molar refractivity (Wildman–Crippen MR) is 123 cm³/mol. The Morgan fingerprint density at radius 3 is 2.70 bits per heavy atom. The number of aryl methyl sites for hydroxylation is 1. The second-order valence-corrected chi connectivity index (χ2v) is 8.45. The first kappa shape index (κ1) is 20.5. The van der Waals surface area contributed by atoms with Gasteiger partial charge < -0.3 is 21.1 Å². The fraction of sp³-hybridized carbons (Fsp3) is 0.400. The lowest BCUT2D eigenvalue weighted by Crippen LogP contribution is -2.28. The normalized spacial score (nSPS) is 18.2. The number of allylic oxidation sites excluding steroid dienone is 1. The Labute approximate surface area is 179 Å². The van der Waals surface area contributed by atoms with E-state index < -0.39 is 0 Å². The summed E-state index contributed by atoms with van der Waals surface area (Å²) in [6.07, 6.45) is 10.1. The van der Waals surface area contributed by atoms with Crippen molar-refractivity contribution in [1.29, 1.82) is 0 Å². The Morgan fingerprint density at radius 2 is 2.00 bits per heavy atom. The number of hydrogen-bond donors (Lipinski definition) is 3. The molecule has 1 fully saturated rings. The van der Waals surface area contributed by atoms with Crippen LogP contribution >= 0.6 is 0 Å². The van der Waals surface area contributed by atoms with E-state index in [0.29, 0.717) is 5.88 Å². The number of ether oxygens (including phenoxy) is 1. The number of nitrogens with one attached hydrogen (secondary N) is 2. The highest BCUT2D eigenvalue weighted by molar-refractivity contribution is 5.70. The molecule has 0 aliphatic carbocycles. The number of benzene rings is 1. The first-order valence-electron chi connectivity index (χ1n) is 10.9. The van der Waals surface area contributed by atoms with Gasteiger partial charge in [-0.2, -0.15) is 0 Å². The Balaban J connectivity index is 1.44. The number of nitrogens with zero attached hydrogens (tertiary/aromatic N) is 1. The van der Waals surface area contributed by atoms with Gasteiger partial charge in [0.25, 0.3) is 0 Å². The molecule has 0 saturated carbocycles. The predicted octanol–water partition coefficient (Wildman–Crippen LogP) is 4.50. The molecule has 0 bridgehead atoms. The molecule has 4 N–H and O–H groups in total. The molecule has 1 aromatic carbocycles. The third-order valence-electron chi connectivity index (χ3n) is 6.17. The molecule has 5 heteroatoms. The first-order valence-corrected chi connectivity index (χ1v) is 10.9. The second kappa shape index (κ2) is 9.35. The topological polar surface area (TPSA) is 72.2 Å². The minimum absolute atomic E-state index is 0.161. The van der Waals surface area contributed by atoms with Crippen molar-refractivity contribution in [3.63, 3.8) is 0 Å². The van der Waals surface area contributed by atoms with Crippen LogP contribution in [0.15, 0.2) is 60.3 Å². The number of hydrogen-bond acceptors (Lipinski definition) is 5. The molecule has 0 radical (unpaired) electrons. The molecule has 1 aromatic heterocycles. The molecule has 0 spiro atoms. The van der Waals surface area contributed by atoms with E-state index in [-0.39, 0.29) is 6.04 Å². The van der Waals surface area contributed by atoms with Crippen LogP contribution in [-0.4, -0.2) is 24.1 Å². The van der Waals surface area contributed by atoms with Gasteiger partial charge in [-0.25, -0.2) is 0 Å². The molecular weight excluding hydrogens is 372 g/mol. The van der Waals surface area contributed by atoms with Gasteiger partial charge in [0.05, 0.1) is 6.26 Å². The monoisotopic (exact) mass is 404 g/mol. The molecule has 158 valence electrons. The SMILES string of the molecule is Cc1ccc(-c2ccc(CC3CCNCC3)nc2)cc1NC(C)C1=COC(N)=CC1. The summed E-state index contributed by atoms with van der Waals surface area (Å²) in [6.45, 7) is 6.54. The van der Waals surface area contributed by atoms with E-state index in [1.54, 1.807) is 6.26 Å². The smallest absolute Gasteiger partial charge is 0.186 e. The van der Waals surface area contributed by atoms with Gasteiger partial charge in [0.2, 0.25) is 0 Å². The van der Waals surface area contributed by atoms with Gasteiger partial charge in [-0.1, -0.05) is 18.2 Å². The summed E-state index contributed by atoms with van der Waals surface area (Å²) < 4.78 is 5.36. The number of piperidine rings is 1. The molecule has 5 nitrogen and oxygen atoms in total. The molecule has 2 aliphatic rings. The van der Waals surface area contributed by atoms with E-state index in [0.717, 1.165) is 43.1 Å². The fourth-order valence-corrected chi connectivity index (χ4v) is 4.12. The van der Waals surface area contributed by atoms with E-state index in [9.17, 15) is 0 Å². The molecule has 1 atom stereocenters. The Kier molecular flexibility index (Phi) is 6.38. The van der Waals surface area contributed by atoms with Gasteiger partial charge in [-0.05, 0) is 93.4 Å². The highest BCUT2D eigenvalue weighted by Gasteiger charge is 2.15. The number of nitrogens with two attached hydrogens (primary N) is 1. The van der Waals surface area contributed by atoms with Crippen LogP contribution in [0.25, 0.3) is 11.1 Å². The molecule has 30 heavy (non-hydrogen) atoms. The lowest BCUT2D eigenvalue weighted by Gasteiger charge is -2.22. The lowest BCUT2D eigenvalue weighted by atomic mass is 9.93. The van der Waals surface area contributed by atoms with Gasteiger partial charge >= 0.3 is 0 Å². The molecule has 0 amide bonds. The molecule has 3 heterocycles. The summed E-state index contributed by atoms with van der Waals surface area (Å²) in [7, 11) is 0. The average molecular weight is 405 g/mol. The van der Waals surface area contributed by atoms with Crippen LogP contribution in [-0.2, 0) is 11.2 Å². The van der Waals surface area contributed by atoms with Crippen molar-refractivity contribution in [1.82, 2.24) is 10.3 Å². The molecule has 2 aliphatic heterocycles. The summed E-state index contributed by atoms with van der Waals surface area (Å²) in [6, 6.07) is 11.1. The van der Waals surface area contributed by atoms with Crippen molar-refractivity contribution in [2.75, 3.05) is 18.4 Å². The van der Waals surface area contributed by atoms with Crippen LogP contribution in [0.5, 0.6) is 0 Å². The summed E-state index contributed by atoms with van der Waals surface area (Å²) >= 11 is 0. The summed E-state index contributed by atoms with van der Waals surface area (Å²) in [5.41, 5.74) is 12.7. The minimum atomic E-state index is 0.161. The van der Waals surface area contributed by atoms with E-state index in [2.05, 4.69) is 54.8 Å². The number of aromatic nitrogens is 1. The van der Waals surface area contributed by atoms with Crippen molar-refractivity contribution in [3.8, 4) is 11.1 Å². The molecule has 2 aromatic rings. The number of anilines is 1. The molecule has 4 rings (SSSR count). The van der Waals surface area contributed by atoms with Crippen molar-refractivity contribution in [2.24, 2.45) is 11.7 Å². The maximum atomic E-state index is 5.69. The standard InChI is InChI=1S/C25H32N4O/c1-17-3-4-20(14-24(17)29-18(2)22-6-8-25(26)30-16-22)21-5-7-23(28-15-21)13-19-9-11-27-12-10-19/h3-5,7-8,14-16,18-19,27,29H,6,9-13,26H2,1-2H3. The molecular formula is C25H32N4O. The van der Waals surface area contributed by atoms with Crippen LogP contribution in [0.4, 0.5) is 5.69 Å². The zero-order chi connectivity index (χ0) is 20.9. The summed E-state index contributed by atoms with van der Waals surface area (Å²) in [5.74, 6) is 1.23. The van der Waals surface area contributed by atoms with Gasteiger partial charge in [-0.15, -0.1) is 0 Å². The Hall–Kier alpha value is -2.79. The average Bonchev–Trinajstić information content (AvgIpc) is 2.77. The van der Waals surface area contributed by atoms with E-state index in [1.165, 1.54) is 35.2 Å². The summed E-state index contributed by atoms with van der Waals surface area (Å²) in [4.78, 5) is 4.76. The first-order chi connectivity index (χ1) is 14.6. The highest BCUT2D eigenvalue weighted by Crippen LogP contribution is 2.28. The zero-order valence-electron chi connectivity index (χ0n) is 17.9. The summed E-state index contributed by atoms with van der Waals surface area (Å²) in [5, 5.41) is 7.06. The number of pyridine rings is 1. The highest BCUT2D eigenvalue weighted by atomic mass is 16.5. The van der Waals surface area contributed by atoms with E-state index in [4.69, 9.17) is 15.5 Å². The van der Waals surface area contributed by atoms with Gasteiger partial charge in [0.1, 0.15) is 0 Å². The van der Waals surface area contributed by atoms with Crippen LogP contribution in [0.3, 0.4) is 0 Å². The quantitative estimate of drug-likeness (QED) is 0.661. The van der Waals surface area contributed by atoms with Crippen molar-refractivity contribution < 1.29 is 4.74 Å². The van der Waals surface area contributed by atoms with Gasteiger partial charge in [0, 0.05) is 29.2 Å². The lowest BCUT2D eigenvalue weighted by molar-refractivity contribution is 0.329. The molecule has 1 saturated heterocycles. The van der Waals surface area contributed by atoms with Gasteiger partial charge in [-0.3, -0.25) is 4.98 Å². The third kappa shape index (κ3) is 5.03. The van der Waals surface area contributed by atoms with Crippen molar-refractivity contribution in [2.45, 2.75) is 45.6 Å². The van der Waals surface area contributed by atoms with Crippen molar-refractivity contribution >= 4 is 5.69 Å². The van der Waals surface area contributed by atoms with Crippen LogP contribution < -0.4 is 16.4 Å². The fourth-order valence-electron chi connectivity index (χ4n) is 4.12. The molecule has 1 unspecified atom stereocenters. The Bertz CT molecular complexity index is 927. The van der Waals surface area contributed by atoms with E-state index in [1.807, 2.05) is 12.3 Å². The largest absolute Gasteiger partial charge is 0.450 e. The zero-order valence-corrected chi connectivity index (χ0v) is 17.9. The maximum Gasteiger partial charge on any atom is 0.186 e. The van der Waals surface area contributed by atoms with Crippen LogP contribution in [0.2, 0.25) is 0 Å². The van der Waals surface area contributed by atoms with Crippen molar-refractivity contribution in [3.05, 3.63) is 71.6 Å². The Morgan fingerprint density at radius 1 is 1.20 bits per heavy atom.